The Morgan fingerprint density at radius 3 is 2.65 bits per heavy atom. The highest BCUT2D eigenvalue weighted by Crippen LogP contribution is 2.27. The molecule has 0 unspecified atom stereocenters. The summed E-state index contributed by atoms with van der Waals surface area (Å²) in [5.74, 6) is 0.628. The van der Waals surface area contributed by atoms with E-state index in [1.54, 1.807) is 18.3 Å². The first-order chi connectivity index (χ1) is 15.1. The standard InChI is InChI=1S/C24H27FN4O2/c1-31-22-15-19(7-8-21(22)25)17-28-13-10-20(11-14-28)29-23(9-12-26-29)27-24(30)16-18-5-3-2-4-6-18/h2-9,12,15,20H,10-11,13-14,16-17H2,1H3,(H,27,30). The number of likely N-dealkylation sites (tertiary alicyclic amines) is 1. The Labute approximate surface area is 181 Å². The van der Waals surface area contributed by atoms with Crippen molar-refractivity contribution in [2.75, 3.05) is 25.5 Å². The third kappa shape index (κ3) is 5.30. The van der Waals surface area contributed by atoms with Crippen molar-refractivity contribution in [3.63, 3.8) is 0 Å². The van der Waals surface area contributed by atoms with Crippen LogP contribution in [0.15, 0.2) is 60.8 Å². The lowest BCUT2D eigenvalue weighted by molar-refractivity contribution is -0.115. The zero-order chi connectivity index (χ0) is 21.6. The van der Waals surface area contributed by atoms with Crippen molar-refractivity contribution in [3.05, 3.63) is 77.7 Å². The lowest BCUT2D eigenvalue weighted by Crippen LogP contribution is -2.35. The molecule has 31 heavy (non-hydrogen) atoms. The minimum absolute atomic E-state index is 0.0457. The molecule has 1 aliphatic rings. The molecule has 1 N–H and O–H groups in total. The molecule has 0 spiro atoms. The molecule has 1 saturated heterocycles. The Balaban J connectivity index is 1.32. The van der Waals surface area contributed by atoms with Crippen molar-refractivity contribution >= 4 is 11.7 Å². The quantitative estimate of drug-likeness (QED) is 0.624. The molecule has 162 valence electrons. The Bertz CT molecular complexity index is 1010. The van der Waals surface area contributed by atoms with Crippen LogP contribution in [-0.4, -0.2) is 40.8 Å². The molecule has 0 radical (unpaired) electrons. The molecule has 0 atom stereocenters. The summed E-state index contributed by atoms with van der Waals surface area (Å²) in [5.41, 5.74) is 2.02. The van der Waals surface area contributed by atoms with E-state index in [0.29, 0.717) is 6.42 Å². The van der Waals surface area contributed by atoms with E-state index in [-0.39, 0.29) is 23.5 Å². The Kier molecular flexibility index (Phi) is 6.62. The summed E-state index contributed by atoms with van der Waals surface area (Å²) in [5, 5.41) is 7.47. The van der Waals surface area contributed by atoms with Gasteiger partial charge in [0.2, 0.25) is 5.91 Å². The van der Waals surface area contributed by atoms with Crippen molar-refractivity contribution < 1.29 is 13.9 Å². The van der Waals surface area contributed by atoms with Crippen molar-refractivity contribution in [1.29, 1.82) is 0 Å². The van der Waals surface area contributed by atoms with Gasteiger partial charge in [-0.05, 0) is 36.1 Å². The van der Waals surface area contributed by atoms with E-state index in [0.717, 1.165) is 49.4 Å². The lowest BCUT2D eigenvalue weighted by Gasteiger charge is -2.32. The first-order valence-corrected chi connectivity index (χ1v) is 10.5. The topological polar surface area (TPSA) is 59.4 Å². The van der Waals surface area contributed by atoms with E-state index in [9.17, 15) is 9.18 Å². The number of nitrogens with one attached hydrogen (secondary N) is 1. The molecule has 0 saturated carbocycles. The van der Waals surface area contributed by atoms with Gasteiger partial charge in [-0.3, -0.25) is 9.69 Å². The van der Waals surface area contributed by atoms with Crippen LogP contribution in [0.4, 0.5) is 10.2 Å². The minimum atomic E-state index is -0.342. The number of aromatic nitrogens is 2. The van der Waals surface area contributed by atoms with Gasteiger partial charge in [0.15, 0.2) is 11.6 Å². The van der Waals surface area contributed by atoms with Crippen molar-refractivity contribution in [3.8, 4) is 5.75 Å². The number of rotatable bonds is 7. The first-order valence-electron chi connectivity index (χ1n) is 10.5. The van der Waals surface area contributed by atoms with Gasteiger partial charge in [0.1, 0.15) is 5.82 Å². The predicted octanol–water partition coefficient (Wildman–Crippen LogP) is 4.05. The molecule has 1 aromatic heterocycles. The van der Waals surface area contributed by atoms with E-state index in [4.69, 9.17) is 4.74 Å². The average molecular weight is 423 g/mol. The number of carbonyl (C=O) groups excluding carboxylic acids is 1. The molecular weight excluding hydrogens is 395 g/mol. The van der Waals surface area contributed by atoms with Crippen molar-refractivity contribution in [1.82, 2.24) is 14.7 Å². The van der Waals surface area contributed by atoms with E-state index >= 15 is 0 Å². The lowest BCUT2D eigenvalue weighted by atomic mass is 10.0. The van der Waals surface area contributed by atoms with Gasteiger partial charge >= 0.3 is 0 Å². The zero-order valence-electron chi connectivity index (χ0n) is 17.6. The van der Waals surface area contributed by atoms with Crippen LogP contribution in [0.1, 0.15) is 30.0 Å². The molecule has 1 aliphatic heterocycles. The fourth-order valence-corrected chi connectivity index (χ4v) is 4.06. The number of methoxy groups -OCH3 is 1. The molecule has 0 bridgehead atoms. The molecule has 2 aromatic carbocycles. The Morgan fingerprint density at radius 1 is 1.13 bits per heavy atom. The highest BCUT2D eigenvalue weighted by atomic mass is 19.1. The highest BCUT2D eigenvalue weighted by Gasteiger charge is 2.23. The van der Waals surface area contributed by atoms with Crippen LogP contribution in [0.25, 0.3) is 0 Å². The van der Waals surface area contributed by atoms with Gasteiger partial charge in [-0.1, -0.05) is 36.4 Å². The maximum absolute atomic E-state index is 13.6. The Hall–Kier alpha value is -3.19. The fraction of sp³-hybridized carbons (Fsp3) is 0.333. The second-order valence-corrected chi connectivity index (χ2v) is 7.85. The molecule has 1 amide bonds. The Morgan fingerprint density at radius 2 is 1.90 bits per heavy atom. The molecule has 3 aromatic rings. The molecule has 1 fully saturated rings. The first kappa shape index (κ1) is 21.1. The van der Waals surface area contributed by atoms with Crippen LogP contribution in [-0.2, 0) is 17.8 Å². The maximum Gasteiger partial charge on any atom is 0.229 e. The molecule has 0 aliphatic carbocycles. The molecule has 6 nitrogen and oxygen atoms in total. The predicted molar refractivity (Wildman–Crippen MR) is 118 cm³/mol. The largest absolute Gasteiger partial charge is 0.494 e. The summed E-state index contributed by atoms with van der Waals surface area (Å²) >= 11 is 0. The van der Waals surface area contributed by atoms with Crippen LogP contribution in [0, 0.1) is 5.82 Å². The number of amides is 1. The molecule has 4 rings (SSSR count). The second-order valence-electron chi connectivity index (χ2n) is 7.85. The normalized spacial score (nSPS) is 15.0. The summed E-state index contributed by atoms with van der Waals surface area (Å²) in [4.78, 5) is 14.8. The summed E-state index contributed by atoms with van der Waals surface area (Å²) in [6, 6.07) is 16.8. The number of nitrogens with zero attached hydrogens (tertiary/aromatic N) is 3. The van der Waals surface area contributed by atoms with Crippen molar-refractivity contribution in [2.45, 2.75) is 31.8 Å². The third-order valence-corrected chi connectivity index (χ3v) is 5.67. The maximum atomic E-state index is 13.6. The number of hydrogen-bond donors (Lipinski definition) is 1. The average Bonchev–Trinajstić information content (AvgIpc) is 3.24. The summed E-state index contributed by atoms with van der Waals surface area (Å²) in [6.45, 7) is 2.56. The zero-order valence-corrected chi connectivity index (χ0v) is 17.6. The smallest absolute Gasteiger partial charge is 0.229 e. The van der Waals surface area contributed by atoms with Crippen LogP contribution >= 0.6 is 0 Å². The second kappa shape index (κ2) is 9.75. The monoisotopic (exact) mass is 422 g/mol. The number of piperidine rings is 1. The van der Waals surface area contributed by atoms with Crippen LogP contribution in [0.5, 0.6) is 5.75 Å². The van der Waals surface area contributed by atoms with Gasteiger partial charge in [-0.2, -0.15) is 5.10 Å². The summed E-state index contributed by atoms with van der Waals surface area (Å²) in [7, 11) is 1.48. The van der Waals surface area contributed by atoms with E-state index in [2.05, 4.69) is 15.3 Å². The van der Waals surface area contributed by atoms with E-state index < -0.39 is 0 Å². The van der Waals surface area contributed by atoms with Gasteiger partial charge in [-0.25, -0.2) is 9.07 Å². The summed E-state index contributed by atoms with van der Waals surface area (Å²) in [6.07, 6.45) is 3.93. The number of anilines is 1. The minimum Gasteiger partial charge on any atom is -0.494 e. The van der Waals surface area contributed by atoms with Gasteiger partial charge < -0.3 is 10.1 Å². The SMILES string of the molecule is COc1cc(CN2CCC(n3nccc3NC(=O)Cc3ccccc3)CC2)ccc1F. The number of benzene rings is 2. The molecular formula is C24H27FN4O2. The number of carbonyl (C=O) groups is 1. The van der Waals surface area contributed by atoms with Crippen LogP contribution < -0.4 is 10.1 Å². The fourth-order valence-electron chi connectivity index (χ4n) is 4.06. The molecule has 7 heteroatoms. The highest BCUT2D eigenvalue weighted by molar-refractivity contribution is 5.91. The number of halogens is 1. The van der Waals surface area contributed by atoms with Crippen LogP contribution in [0.2, 0.25) is 0 Å². The van der Waals surface area contributed by atoms with Gasteiger partial charge in [0.25, 0.3) is 0 Å². The van der Waals surface area contributed by atoms with Gasteiger partial charge in [0, 0.05) is 25.7 Å². The van der Waals surface area contributed by atoms with E-state index in [1.807, 2.05) is 41.1 Å². The number of ether oxygens (including phenoxy) is 1. The molecule has 2 heterocycles. The number of hydrogen-bond acceptors (Lipinski definition) is 4. The third-order valence-electron chi connectivity index (χ3n) is 5.67. The van der Waals surface area contributed by atoms with Gasteiger partial charge in [0.05, 0.1) is 25.8 Å². The van der Waals surface area contributed by atoms with Crippen LogP contribution in [0.3, 0.4) is 0 Å². The van der Waals surface area contributed by atoms with Crippen molar-refractivity contribution in [2.24, 2.45) is 0 Å². The van der Waals surface area contributed by atoms with E-state index in [1.165, 1.54) is 13.2 Å². The summed E-state index contributed by atoms with van der Waals surface area (Å²) < 4.78 is 20.6. The van der Waals surface area contributed by atoms with Gasteiger partial charge in [-0.15, -0.1) is 0 Å².